The monoisotopic (exact) mass is 473 g/mol. The van der Waals surface area contributed by atoms with Crippen molar-refractivity contribution in [3.05, 3.63) is 58.3 Å². The van der Waals surface area contributed by atoms with Gasteiger partial charge in [-0.25, -0.2) is 18.3 Å². The lowest BCUT2D eigenvalue weighted by molar-refractivity contribution is 0.0531. The molecule has 5 heterocycles. The lowest BCUT2D eigenvalue weighted by atomic mass is 10.00. The van der Waals surface area contributed by atoms with Gasteiger partial charge in [-0.2, -0.15) is 5.10 Å². The highest BCUT2D eigenvalue weighted by molar-refractivity contribution is 6.30. The minimum atomic E-state index is -0.881. The molecule has 7 nitrogen and oxygen atoms in total. The number of halogens is 3. The van der Waals surface area contributed by atoms with Gasteiger partial charge in [-0.3, -0.25) is 9.69 Å². The van der Waals surface area contributed by atoms with Crippen LogP contribution in [0.4, 0.5) is 8.78 Å². The topological polar surface area (TPSA) is 63.0 Å². The summed E-state index contributed by atoms with van der Waals surface area (Å²) < 4.78 is 36.2. The largest absolute Gasteiger partial charge is 0.489 e. The number of amides is 1. The molecule has 2 bridgehead atoms. The van der Waals surface area contributed by atoms with E-state index in [0.717, 1.165) is 11.3 Å². The van der Waals surface area contributed by atoms with Crippen molar-refractivity contribution in [1.29, 1.82) is 0 Å². The number of fused-ring (bicyclic) bond motifs is 5. The van der Waals surface area contributed by atoms with Crippen LogP contribution in [0.25, 0.3) is 5.65 Å². The predicted molar refractivity (Wildman–Crippen MR) is 116 cm³/mol. The van der Waals surface area contributed by atoms with E-state index in [4.69, 9.17) is 16.3 Å². The molecule has 0 saturated carbocycles. The number of carbonyl (C=O) groups excluding carboxylic acids is 1. The highest BCUT2D eigenvalue weighted by Gasteiger charge is 2.46. The fraction of sp³-hybridized carbons (Fsp3) is 0.435. The first-order valence-corrected chi connectivity index (χ1v) is 11.4. The molecule has 0 aliphatic carbocycles. The van der Waals surface area contributed by atoms with E-state index in [-0.39, 0.29) is 35.4 Å². The molecule has 0 radical (unpaired) electrons. The van der Waals surface area contributed by atoms with Crippen LogP contribution in [-0.2, 0) is 13.1 Å². The maximum absolute atomic E-state index is 14.3. The van der Waals surface area contributed by atoms with Gasteiger partial charge in [0.25, 0.3) is 5.91 Å². The molecule has 2 saturated heterocycles. The Balaban J connectivity index is 1.24. The molecular weight excluding hydrogens is 452 g/mol. The quantitative estimate of drug-likeness (QED) is 0.581. The van der Waals surface area contributed by atoms with Crippen LogP contribution in [0.2, 0.25) is 5.02 Å². The van der Waals surface area contributed by atoms with Gasteiger partial charge in [0.2, 0.25) is 0 Å². The lowest BCUT2D eigenvalue weighted by Crippen LogP contribution is -2.45. The van der Waals surface area contributed by atoms with Gasteiger partial charge in [0.1, 0.15) is 23.8 Å². The molecule has 6 rings (SSSR count). The number of carbonyl (C=O) groups is 1. The molecule has 3 aliphatic heterocycles. The number of piperidine rings is 1. The zero-order valence-electron chi connectivity index (χ0n) is 17.9. The van der Waals surface area contributed by atoms with Gasteiger partial charge >= 0.3 is 0 Å². The average molecular weight is 474 g/mol. The van der Waals surface area contributed by atoms with Crippen LogP contribution in [0.3, 0.4) is 0 Å². The van der Waals surface area contributed by atoms with Crippen LogP contribution in [0.5, 0.6) is 5.75 Å². The third-order valence-corrected chi connectivity index (χ3v) is 7.31. The van der Waals surface area contributed by atoms with Crippen molar-refractivity contribution in [2.45, 2.75) is 56.7 Å². The van der Waals surface area contributed by atoms with E-state index >= 15 is 0 Å². The highest BCUT2D eigenvalue weighted by Crippen LogP contribution is 2.39. The SMILES string of the molecule is CN1C2CC(F)C1C[C@@H](Oc1cc(F)ccc1C(=O)N1Cc3nn4cc(Cl)cnc4c3C1)C2. The molecule has 1 amide bonds. The van der Waals surface area contributed by atoms with E-state index in [1.165, 1.54) is 18.2 Å². The molecule has 2 fully saturated rings. The number of benzene rings is 1. The summed E-state index contributed by atoms with van der Waals surface area (Å²) >= 11 is 5.99. The Labute approximate surface area is 193 Å². The summed E-state index contributed by atoms with van der Waals surface area (Å²) in [4.78, 5) is 21.5. The van der Waals surface area contributed by atoms with Gasteiger partial charge in [-0.1, -0.05) is 11.6 Å². The molecule has 0 spiro atoms. The fourth-order valence-corrected chi connectivity index (χ4v) is 5.58. The molecule has 3 unspecified atom stereocenters. The fourth-order valence-electron chi connectivity index (χ4n) is 5.44. The van der Waals surface area contributed by atoms with E-state index < -0.39 is 12.0 Å². The van der Waals surface area contributed by atoms with E-state index in [1.807, 2.05) is 7.05 Å². The van der Waals surface area contributed by atoms with Crippen molar-refractivity contribution in [3.8, 4) is 5.75 Å². The summed E-state index contributed by atoms with van der Waals surface area (Å²) in [5.74, 6) is -0.549. The van der Waals surface area contributed by atoms with Gasteiger partial charge in [0.15, 0.2) is 5.65 Å². The highest BCUT2D eigenvalue weighted by atomic mass is 35.5. The van der Waals surface area contributed by atoms with Crippen LogP contribution in [0, 0.1) is 5.82 Å². The Morgan fingerprint density at radius 3 is 2.91 bits per heavy atom. The minimum absolute atomic E-state index is 0.0994. The molecule has 33 heavy (non-hydrogen) atoms. The molecule has 4 atom stereocenters. The first-order valence-electron chi connectivity index (χ1n) is 11.0. The molecule has 1 aromatic carbocycles. The number of rotatable bonds is 3. The van der Waals surface area contributed by atoms with Crippen LogP contribution in [-0.4, -0.2) is 61.7 Å². The Kier molecular flexibility index (Phi) is 4.81. The normalized spacial score (nSPS) is 26.7. The minimum Gasteiger partial charge on any atom is -0.489 e. The van der Waals surface area contributed by atoms with E-state index in [9.17, 15) is 13.6 Å². The molecule has 2 aromatic heterocycles. The van der Waals surface area contributed by atoms with Crippen LogP contribution in [0.1, 0.15) is 40.9 Å². The van der Waals surface area contributed by atoms with Crippen molar-refractivity contribution < 1.29 is 18.3 Å². The number of hydrogen-bond acceptors (Lipinski definition) is 5. The van der Waals surface area contributed by atoms with Crippen molar-refractivity contribution in [3.63, 3.8) is 0 Å². The van der Waals surface area contributed by atoms with Gasteiger partial charge in [-0.15, -0.1) is 0 Å². The first kappa shape index (κ1) is 20.8. The van der Waals surface area contributed by atoms with Crippen LogP contribution in [0.15, 0.2) is 30.6 Å². The zero-order valence-corrected chi connectivity index (χ0v) is 18.7. The van der Waals surface area contributed by atoms with E-state index in [2.05, 4.69) is 15.0 Å². The van der Waals surface area contributed by atoms with Crippen molar-refractivity contribution in [2.24, 2.45) is 0 Å². The summed E-state index contributed by atoms with van der Waals surface area (Å²) in [6.45, 7) is 0.652. The van der Waals surface area contributed by atoms with Crippen LogP contribution >= 0.6 is 11.6 Å². The molecule has 3 aliphatic rings. The molecule has 0 N–H and O–H groups in total. The molecule has 10 heteroatoms. The maximum atomic E-state index is 14.3. The van der Waals surface area contributed by atoms with E-state index in [1.54, 1.807) is 21.8 Å². The van der Waals surface area contributed by atoms with Gasteiger partial charge in [0.05, 0.1) is 35.6 Å². The second kappa shape index (κ2) is 7.63. The molecule has 3 aromatic rings. The lowest BCUT2D eigenvalue weighted by Gasteiger charge is -2.36. The maximum Gasteiger partial charge on any atom is 0.258 e. The van der Waals surface area contributed by atoms with Gasteiger partial charge in [0, 0.05) is 36.3 Å². The summed E-state index contributed by atoms with van der Waals surface area (Å²) in [6, 6.07) is 3.86. The Morgan fingerprint density at radius 2 is 2.09 bits per heavy atom. The van der Waals surface area contributed by atoms with Crippen molar-refractivity contribution >= 4 is 23.2 Å². The second-order valence-corrected chi connectivity index (χ2v) is 9.55. The third kappa shape index (κ3) is 3.45. The molecular formula is C23H22ClF2N5O2. The van der Waals surface area contributed by atoms with Crippen molar-refractivity contribution in [1.82, 2.24) is 24.4 Å². The standard InChI is InChI=1S/C23H22ClF2N5O2/c1-29-14-5-15(7-20(29)18(26)6-14)33-21-4-13(25)2-3-16(21)23(32)30-10-17-19(11-30)28-31-9-12(24)8-27-22(17)31/h2-4,8-9,14-15,18,20H,5-7,10-11H2,1H3/t14?,15-,18?,20?/m0/s1. The summed E-state index contributed by atoms with van der Waals surface area (Å²) in [6.07, 6.45) is 3.73. The summed E-state index contributed by atoms with van der Waals surface area (Å²) in [5.41, 5.74) is 2.56. The summed E-state index contributed by atoms with van der Waals surface area (Å²) in [5, 5.41) is 4.97. The Bertz CT molecular complexity index is 1270. The average Bonchev–Trinajstić information content (AvgIpc) is 3.36. The molecule has 172 valence electrons. The van der Waals surface area contributed by atoms with Crippen LogP contribution < -0.4 is 4.74 Å². The number of aromatic nitrogens is 3. The Morgan fingerprint density at radius 1 is 1.24 bits per heavy atom. The number of alkyl halides is 1. The van der Waals surface area contributed by atoms with Gasteiger partial charge in [-0.05, 0) is 32.0 Å². The smallest absolute Gasteiger partial charge is 0.258 e. The number of nitrogens with zero attached hydrogens (tertiary/aromatic N) is 5. The number of ether oxygens (including phenoxy) is 1. The third-order valence-electron chi connectivity index (χ3n) is 7.12. The summed E-state index contributed by atoms with van der Waals surface area (Å²) in [7, 11) is 1.94. The van der Waals surface area contributed by atoms with Gasteiger partial charge < -0.3 is 9.64 Å². The first-order chi connectivity index (χ1) is 15.9. The predicted octanol–water partition coefficient (Wildman–Crippen LogP) is 3.63. The zero-order chi connectivity index (χ0) is 22.9. The van der Waals surface area contributed by atoms with E-state index in [0.29, 0.717) is 43.0 Å². The Hall–Kier alpha value is -2.78. The van der Waals surface area contributed by atoms with Crippen molar-refractivity contribution in [2.75, 3.05) is 7.05 Å². The number of hydrogen-bond donors (Lipinski definition) is 0. The second-order valence-electron chi connectivity index (χ2n) is 9.12.